The van der Waals surface area contributed by atoms with Gasteiger partial charge in [-0.3, -0.25) is 9.36 Å². The molecule has 1 N–H and O–H groups in total. The van der Waals surface area contributed by atoms with Gasteiger partial charge in [-0.15, -0.1) is 0 Å². The van der Waals surface area contributed by atoms with Crippen molar-refractivity contribution >= 4 is 21.7 Å². The zero-order chi connectivity index (χ0) is 19.5. The van der Waals surface area contributed by atoms with E-state index in [4.69, 9.17) is 4.98 Å². The smallest absolute Gasteiger partial charge is 0.266 e. The first-order valence-electron chi connectivity index (χ1n) is 9.93. The van der Waals surface area contributed by atoms with Gasteiger partial charge >= 0.3 is 0 Å². The van der Waals surface area contributed by atoms with Crippen molar-refractivity contribution in [3.63, 3.8) is 0 Å². The largest absolute Gasteiger partial charge is 0.308 e. The molecule has 3 aromatic carbocycles. The quantitative estimate of drug-likeness (QED) is 0.486. The Hall–Kier alpha value is -2.98. The second-order valence-electron chi connectivity index (χ2n) is 7.19. The monoisotopic (exact) mass is 371 g/mol. The number of fused-ring (bicyclic) bond motifs is 2. The summed E-state index contributed by atoms with van der Waals surface area (Å²) < 4.78 is 1.76. The molecule has 0 unspecified atom stereocenters. The van der Waals surface area contributed by atoms with E-state index >= 15 is 0 Å². The Morgan fingerprint density at radius 2 is 1.75 bits per heavy atom. The first-order valence-corrected chi connectivity index (χ1v) is 9.93. The van der Waals surface area contributed by atoms with E-state index in [1.54, 1.807) is 4.57 Å². The molecule has 0 radical (unpaired) electrons. The number of hydrogen-bond donors (Lipinski definition) is 1. The molecule has 142 valence electrons. The summed E-state index contributed by atoms with van der Waals surface area (Å²) in [5.41, 5.74) is 1.56. The lowest BCUT2D eigenvalue weighted by atomic mass is 10.1. The van der Waals surface area contributed by atoms with Crippen LogP contribution in [0.4, 0.5) is 0 Å². The van der Waals surface area contributed by atoms with Crippen molar-refractivity contribution in [1.82, 2.24) is 14.9 Å². The summed E-state index contributed by atoms with van der Waals surface area (Å²) in [6, 6.07) is 21.9. The van der Waals surface area contributed by atoms with Crippen molar-refractivity contribution in [2.75, 3.05) is 6.54 Å². The van der Waals surface area contributed by atoms with Crippen molar-refractivity contribution in [3.8, 4) is 5.69 Å². The van der Waals surface area contributed by atoms with E-state index in [9.17, 15) is 4.79 Å². The van der Waals surface area contributed by atoms with Gasteiger partial charge in [-0.1, -0.05) is 55.8 Å². The Kier molecular flexibility index (Phi) is 5.22. The molecule has 4 rings (SSSR count). The van der Waals surface area contributed by atoms with E-state index < -0.39 is 0 Å². The molecule has 1 aromatic heterocycles. The number of aromatic nitrogens is 2. The number of unbranched alkanes of at least 4 members (excludes halogenated alkanes) is 1. The third-order valence-corrected chi connectivity index (χ3v) is 5.16. The molecule has 0 aliphatic heterocycles. The standard InChI is InChI=1S/C24H25N3O/c1-3-4-15-25-17(2)23-26-22-12-8-7-11-21(22)24(28)27(23)20-14-13-18-9-5-6-10-19(18)16-20/h5-14,16-17,25H,3-4,15H2,1-2H3/t17-/m0/s1. The molecule has 0 saturated carbocycles. The summed E-state index contributed by atoms with van der Waals surface area (Å²) in [5.74, 6) is 0.745. The van der Waals surface area contributed by atoms with Crippen molar-refractivity contribution in [2.45, 2.75) is 32.7 Å². The van der Waals surface area contributed by atoms with Crippen LogP contribution in [0.1, 0.15) is 38.6 Å². The summed E-state index contributed by atoms with van der Waals surface area (Å²) in [5, 5.41) is 6.42. The molecule has 0 amide bonds. The van der Waals surface area contributed by atoms with E-state index in [0.29, 0.717) is 5.39 Å². The van der Waals surface area contributed by atoms with Crippen LogP contribution in [-0.2, 0) is 0 Å². The van der Waals surface area contributed by atoms with Crippen molar-refractivity contribution < 1.29 is 0 Å². The second-order valence-corrected chi connectivity index (χ2v) is 7.19. The fraction of sp³-hybridized carbons (Fsp3) is 0.250. The highest BCUT2D eigenvalue weighted by Crippen LogP contribution is 2.22. The van der Waals surface area contributed by atoms with Crippen LogP contribution in [0.15, 0.2) is 71.5 Å². The van der Waals surface area contributed by atoms with Crippen molar-refractivity contribution in [3.05, 3.63) is 82.9 Å². The Labute approximate surface area is 164 Å². The number of rotatable bonds is 6. The third kappa shape index (κ3) is 3.43. The SMILES string of the molecule is CCCCN[C@@H](C)c1nc2ccccc2c(=O)n1-c1ccc2ccccc2c1. The maximum absolute atomic E-state index is 13.4. The summed E-state index contributed by atoms with van der Waals surface area (Å²) in [4.78, 5) is 18.3. The Morgan fingerprint density at radius 1 is 1.00 bits per heavy atom. The van der Waals surface area contributed by atoms with Gasteiger partial charge in [0, 0.05) is 0 Å². The van der Waals surface area contributed by atoms with Crippen molar-refractivity contribution in [2.24, 2.45) is 0 Å². The number of para-hydroxylation sites is 1. The lowest BCUT2D eigenvalue weighted by Crippen LogP contribution is -2.30. The molecule has 0 fully saturated rings. The lowest BCUT2D eigenvalue weighted by Gasteiger charge is -2.20. The minimum atomic E-state index is -0.0321. The Balaban J connectivity index is 1.92. The molecule has 0 saturated heterocycles. The van der Waals surface area contributed by atoms with E-state index in [0.717, 1.165) is 47.2 Å². The zero-order valence-corrected chi connectivity index (χ0v) is 16.4. The van der Waals surface area contributed by atoms with Gasteiger partial charge in [-0.2, -0.15) is 0 Å². The number of nitrogens with zero attached hydrogens (tertiary/aromatic N) is 2. The summed E-state index contributed by atoms with van der Waals surface area (Å²) in [6.45, 7) is 5.15. The average Bonchev–Trinajstić information content (AvgIpc) is 2.73. The molecule has 0 aliphatic carbocycles. The molecule has 0 aliphatic rings. The van der Waals surface area contributed by atoms with Gasteiger partial charge in [0.2, 0.25) is 0 Å². The predicted molar refractivity (Wildman–Crippen MR) is 116 cm³/mol. The van der Waals surface area contributed by atoms with E-state index in [1.807, 2.05) is 42.5 Å². The molecule has 0 spiro atoms. The zero-order valence-electron chi connectivity index (χ0n) is 16.4. The average molecular weight is 371 g/mol. The fourth-order valence-electron chi connectivity index (χ4n) is 3.59. The number of nitrogens with one attached hydrogen (secondary N) is 1. The van der Waals surface area contributed by atoms with Gasteiger partial charge < -0.3 is 5.32 Å². The van der Waals surface area contributed by atoms with Crippen molar-refractivity contribution in [1.29, 1.82) is 0 Å². The molecular formula is C24H25N3O. The third-order valence-electron chi connectivity index (χ3n) is 5.16. The van der Waals surface area contributed by atoms with E-state index in [2.05, 4.69) is 43.4 Å². The second kappa shape index (κ2) is 7.95. The maximum Gasteiger partial charge on any atom is 0.266 e. The normalized spacial score (nSPS) is 12.5. The van der Waals surface area contributed by atoms with Gasteiger partial charge in [0.15, 0.2) is 0 Å². The van der Waals surface area contributed by atoms with Gasteiger partial charge in [-0.25, -0.2) is 4.98 Å². The van der Waals surface area contributed by atoms with Gasteiger partial charge in [0.05, 0.1) is 22.6 Å². The molecule has 4 heteroatoms. The minimum Gasteiger partial charge on any atom is -0.308 e. The maximum atomic E-state index is 13.4. The highest BCUT2D eigenvalue weighted by Gasteiger charge is 2.17. The number of benzene rings is 3. The summed E-state index contributed by atoms with van der Waals surface area (Å²) in [6.07, 6.45) is 2.22. The molecule has 4 aromatic rings. The minimum absolute atomic E-state index is 0.0278. The molecule has 4 nitrogen and oxygen atoms in total. The van der Waals surface area contributed by atoms with Gasteiger partial charge in [0.1, 0.15) is 5.82 Å². The fourth-order valence-corrected chi connectivity index (χ4v) is 3.59. The predicted octanol–water partition coefficient (Wildman–Crippen LogP) is 4.99. The van der Waals surface area contributed by atoms with Crippen LogP contribution in [0.2, 0.25) is 0 Å². The van der Waals surface area contributed by atoms with E-state index in [-0.39, 0.29) is 11.6 Å². The van der Waals surface area contributed by atoms with Crippen LogP contribution < -0.4 is 10.9 Å². The summed E-state index contributed by atoms with van der Waals surface area (Å²) in [7, 11) is 0. The van der Waals surface area contributed by atoms with Gasteiger partial charge in [-0.05, 0) is 54.9 Å². The first-order chi connectivity index (χ1) is 13.7. The van der Waals surface area contributed by atoms with Crippen LogP contribution in [0.3, 0.4) is 0 Å². The molecule has 1 atom stereocenters. The highest BCUT2D eigenvalue weighted by molar-refractivity contribution is 5.85. The summed E-state index contributed by atoms with van der Waals surface area (Å²) >= 11 is 0. The molecule has 0 bridgehead atoms. The molecule has 1 heterocycles. The molecular weight excluding hydrogens is 346 g/mol. The molecule has 28 heavy (non-hydrogen) atoms. The van der Waals surface area contributed by atoms with Crippen LogP contribution >= 0.6 is 0 Å². The topological polar surface area (TPSA) is 46.9 Å². The Morgan fingerprint density at radius 3 is 2.57 bits per heavy atom. The lowest BCUT2D eigenvalue weighted by molar-refractivity contribution is 0.520. The van der Waals surface area contributed by atoms with Crippen LogP contribution in [0.5, 0.6) is 0 Å². The highest BCUT2D eigenvalue weighted by atomic mass is 16.1. The van der Waals surface area contributed by atoms with Crippen LogP contribution in [-0.4, -0.2) is 16.1 Å². The van der Waals surface area contributed by atoms with Crippen LogP contribution in [0, 0.1) is 0 Å². The Bertz CT molecular complexity index is 1180. The van der Waals surface area contributed by atoms with Crippen LogP contribution in [0.25, 0.3) is 27.4 Å². The number of hydrogen-bond acceptors (Lipinski definition) is 3. The first kappa shape index (κ1) is 18.4. The van der Waals surface area contributed by atoms with Gasteiger partial charge in [0.25, 0.3) is 5.56 Å². The van der Waals surface area contributed by atoms with E-state index in [1.165, 1.54) is 0 Å².